The van der Waals surface area contributed by atoms with Gasteiger partial charge >= 0.3 is 0 Å². The van der Waals surface area contributed by atoms with Crippen molar-refractivity contribution in [1.29, 1.82) is 0 Å². The molecule has 29 heavy (non-hydrogen) atoms. The Morgan fingerprint density at radius 3 is 2.31 bits per heavy atom. The normalized spacial score (nSPS) is 11.9. The minimum Gasteiger partial charge on any atom is -0.267 e. The van der Waals surface area contributed by atoms with Crippen molar-refractivity contribution in [2.24, 2.45) is 5.10 Å². The molecular formula is C21H21N3O3S2. The SMILES string of the molecule is C/C(=N/NC(=O)c1ccc(CN(c2ccccc2)S(C)(=O)=O)cc1)c1cccs1. The van der Waals surface area contributed by atoms with E-state index in [0.717, 1.165) is 16.2 Å². The molecule has 6 nitrogen and oxygen atoms in total. The third kappa shape index (κ3) is 5.52. The van der Waals surface area contributed by atoms with Crippen molar-refractivity contribution in [3.63, 3.8) is 0 Å². The quantitative estimate of drug-likeness (QED) is 0.459. The zero-order chi connectivity index (χ0) is 20.9. The minimum atomic E-state index is -3.45. The van der Waals surface area contributed by atoms with Crippen LogP contribution in [-0.2, 0) is 16.6 Å². The maximum Gasteiger partial charge on any atom is 0.271 e. The number of hydrazone groups is 1. The molecule has 0 fully saturated rings. The Morgan fingerprint density at radius 1 is 1.03 bits per heavy atom. The van der Waals surface area contributed by atoms with Gasteiger partial charge in [0.25, 0.3) is 5.91 Å². The summed E-state index contributed by atoms with van der Waals surface area (Å²) in [6.07, 6.45) is 1.18. The number of rotatable bonds is 7. The molecular weight excluding hydrogens is 406 g/mol. The summed E-state index contributed by atoms with van der Waals surface area (Å²) >= 11 is 1.55. The third-order valence-electron chi connectivity index (χ3n) is 4.19. The molecule has 0 saturated heterocycles. The molecule has 0 bridgehead atoms. The summed E-state index contributed by atoms with van der Waals surface area (Å²) < 4.78 is 25.7. The average molecular weight is 428 g/mol. The Labute approximate surface area is 174 Å². The van der Waals surface area contributed by atoms with Gasteiger partial charge in [0.2, 0.25) is 10.0 Å². The van der Waals surface area contributed by atoms with E-state index in [-0.39, 0.29) is 12.5 Å². The molecule has 2 aromatic carbocycles. The summed E-state index contributed by atoms with van der Waals surface area (Å²) in [5, 5.41) is 6.07. The standard InChI is InChI=1S/C21H21N3O3S2/c1-16(20-9-6-14-28-20)22-23-21(25)18-12-10-17(11-13-18)15-24(29(2,26)27)19-7-4-3-5-8-19/h3-14H,15H2,1-2H3,(H,23,25)/b22-16-. The predicted molar refractivity (Wildman–Crippen MR) is 118 cm³/mol. The summed E-state index contributed by atoms with van der Waals surface area (Å²) in [6.45, 7) is 2.01. The van der Waals surface area contributed by atoms with Crippen molar-refractivity contribution in [1.82, 2.24) is 5.43 Å². The number of hydrogen-bond donors (Lipinski definition) is 1. The highest BCUT2D eigenvalue weighted by Gasteiger charge is 2.17. The van der Waals surface area contributed by atoms with E-state index in [4.69, 9.17) is 0 Å². The van der Waals surface area contributed by atoms with Gasteiger partial charge in [-0.05, 0) is 48.2 Å². The van der Waals surface area contributed by atoms with Crippen molar-refractivity contribution in [2.75, 3.05) is 10.6 Å². The zero-order valence-electron chi connectivity index (χ0n) is 16.1. The molecule has 8 heteroatoms. The molecule has 0 aliphatic rings. The Balaban J connectivity index is 1.70. The van der Waals surface area contributed by atoms with Crippen molar-refractivity contribution in [3.8, 4) is 0 Å². The second kappa shape index (κ2) is 9.02. The Hall–Kier alpha value is -2.97. The van der Waals surface area contributed by atoms with Crippen molar-refractivity contribution in [3.05, 3.63) is 88.1 Å². The van der Waals surface area contributed by atoms with Crippen molar-refractivity contribution < 1.29 is 13.2 Å². The van der Waals surface area contributed by atoms with Gasteiger partial charge in [0, 0.05) is 10.4 Å². The number of para-hydroxylation sites is 1. The van der Waals surface area contributed by atoms with Crippen LogP contribution in [0.1, 0.15) is 27.7 Å². The van der Waals surface area contributed by atoms with Gasteiger partial charge < -0.3 is 0 Å². The Bertz CT molecular complexity index is 1090. The predicted octanol–water partition coefficient (Wildman–Crippen LogP) is 3.87. The molecule has 150 valence electrons. The van der Waals surface area contributed by atoms with Gasteiger partial charge in [0.1, 0.15) is 0 Å². The first-order valence-electron chi connectivity index (χ1n) is 8.85. The van der Waals surface area contributed by atoms with Gasteiger partial charge in [-0.15, -0.1) is 11.3 Å². The van der Waals surface area contributed by atoms with Crippen LogP contribution in [0.5, 0.6) is 0 Å². The lowest BCUT2D eigenvalue weighted by molar-refractivity contribution is 0.0955. The van der Waals surface area contributed by atoms with Crippen LogP contribution in [-0.4, -0.2) is 26.3 Å². The van der Waals surface area contributed by atoms with Crippen LogP contribution in [0.25, 0.3) is 0 Å². The molecule has 3 aromatic rings. The van der Waals surface area contributed by atoms with Gasteiger partial charge in [0.15, 0.2) is 0 Å². The van der Waals surface area contributed by atoms with Crippen LogP contribution in [0.3, 0.4) is 0 Å². The molecule has 1 N–H and O–H groups in total. The maximum atomic E-state index is 12.3. The molecule has 3 rings (SSSR count). The Morgan fingerprint density at radius 2 is 1.72 bits per heavy atom. The van der Waals surface area contributed by atoms with Crippen molar-refractivity contribution >= 4 is 38.7 Å². The van der Waals surface area contributed by atoms with Gasteiger partial charge in [-0.25, -0.2) is 13.8 Å². The smallest absolute Gasteiger partial charge is 0.267 e. The summed E-state index contributed by atoms with van der Waals surface area (Å²) in [4.78, 5) is 13.3. The Kier molecular flexibility index (Phi) is 6.46. The highest BCUT2D eigenvalue weighted by atomic mass is 32.2. The molecule has 0 radical (unpaired) electrons. The number of sulfonamides is 1. The minimum absolute atomic E-state index is 0.181. The fraction of sp³-hybridized carbons (Fsp3) is 0.143. The van der Waals surface area contributed by atoms with E-state index in [9.17, 15) is 13.2 Å². The number of thiophene rings is 1. The number of anilines is 1. The third-order valence-corrected chi connectivity index (χ3v) is 6.31. The molecule has 0 saturated carbocycles. The summed E-state index contributed by atoms with van der Waals surface area (Å²) in [5.74, 6) is -0.324. The lowest BCUT2D eigenvalue weighted by Crippen LogP contribution is -2.29. The summed E-state index contributed by atoms with van der Waals surface area (Å²) in [6, 6.07) is 19.6. The first-order chi connectivity index (χ1) is 13.8. The number of nitrogens with one attached hydrogen (secondary N) is 1. The fourth-order valence-corrected chi connectivity index (χ4v) is 4.23. The maximum absolute atomic E-state index is 12.3. The monoisotopic (exact) mass is 427 g/mol. The zero-order valence-corrected chi connectivity index (χ0v) is 17.7. The second-order valence-corrected chi connectivity index (χ2v) is 9.27. The van der Waals surface area contributed by atoms with Crippen LogP contribution in [0.2, 0.25) is 0 Å². The van der Waals surface area contributed by atoms with Crippen LogP contribution in [0.4, 0.5) is 5.69 Å². The molecule has 1 heterocycles. The number of carbonyl (C=O) groups is 1. The van der Waals surface area contributed by atoms with Gasteiger partial charge in [-0.3, -0.25) is 9.10 Å². The molecule has 0 atom stereocenters. The van der Waals surface area contributed by atoms with Crippen LogP contribution in [0.15, 0.2) is 77.2 Å². The molecule has 0 spiro atoms. The molecule has 0 aliphatic carbocycles. The van der Waals surface area contributed by atoms with Gasteiger partial charge in [-0.1, -0.05) is 36.4 Å². The number of hydrogen-bond acceptors (Lipinski definition) is 5. The first-order valence-corrected chi connectivity index (χ1v) is 11.6. The van der Waals surface area contributed by atoms with Crippen LogP contribution >= 0.6 is 11.3 Å². The van der Waals surface area contributed by atoms with E-state index < -0.39 is 10.0 Å². The molecule has 0 unspecified atom stereocenters. The van der Waals surface area contributed by atoms with Gasteiger partial charge in [-0.2, -0.15) is 5.10 Å². The van der Waals surface area contributed by atoms with E-state index in [2.05, 4.69) is 10.5 Å². The average Bonchev–Trinajstić information content (AvgIpc) is 3.25. The number of benzene rings is 2. The lowest BCUT2D eigenvalue weighted by atomic mass is 10.1. The number of carbonyl (C=O) groups excluding carboxylic acids is 1. The van der Waals surface area contributed by atoms with Gasteiger partial charge in [0.05, 0.1) is 24.2 Å². The van der Waals surface area contributed by atoms with E-state index in [0.29, 0.717) is 11.3 Å². The summed E-state index contributed by atoms with van der Waals surface area (Å²) in [5.41, 5.74) is 5.09. The van der Waals surface area contributed by atoms with E-state index in [1.54, 1.807) is 59.9 Å². The number of amides is 1. The van der Waals surface area contributed by atoms with E-state index in [1.807, 2.05) is 30.5 Å². The summed E-state index contributed by atoms with van der Waals surface area (Å²) in [7, 11) is -3.45. The first kappa shape index (κ1) is 20.8. The van der Waals surface area contributed by atoms with E-state index in [1.165, 1.54) is 10.6 Å². The molecule has 0 aliphatic heterocycles. The van der Waals surface area contributed by atoms with Crippen LogP contribution < -0.4 is 9.73 Å². The van der Waals surface area contributed by atoms with Crippen molar-refractivity contribution in [2.45, 2.75) is 13.5 Å². The van der Waals surface area contributed by atoms with Crippen LogP contribution in [0, 0.1) is 0 Å². The fourth-order valence-electron chi connectivity index (χ4n) is 2.66. The largest absolute Gasteiger partial charge is 0.271 e. The lowest BCUT2D eigenvalue weighted by Gasteiger charge is -2.22. The van der Waals surface area contributed by atoms with E-state index >= 15 is 0 Å². The molecule has 1 aromatic heterocycles. The highest BCUT2D eigenvalue weighted by Crippen LogP contribution is 2.20. The molecule has 1 amide bonds. The topological polar surface area (TPSA) is 78.8 Å². The highest BCUT2D eigenvalue weighted by molar-refractivity contribution is 7.92. The second-order valence-electron chi connectivity index (χ2n) is 6.42. The number of nitrogens with zero attached hydrogens (tertiary/aromatic N) is 2.